The lowest BCUT2D eigenvalue weighted by molar-refractivity contribution is -0.192. The number of aromatic nitrogens is 4. The fraction of sp³-hybridized carbons (Fsp3) is 0.261. The average molecular weight is 599 g/mol. The number of piperidine rings is 1. The number of carboxylic acid groups (broad SMARTS) is 1. The first-order valence-electron chi connectivity index (χ1n) is 11.2. The number of imidazole rings is 1. The Morgan fingerprint density at radius 3 is 2.67 bits per heavy atom. The predicted octanol–water partition coefficient (Wildman–Crippen LogP) is 5.33. The quantitative estimate of drug-likeness (QED) is 0.284. The van der Waals surface area contributed by atoms with Crippen molar-refractivity contribution in [1.29, 1.82) is 5.26 Å². The molecule has 1 aliphatic rings. The van der Waals surface area contributed by atoms with Gasteiger partial charge in [-0.3, -0.25) is 4.40 Å². The lowest BCUT2D eigenvalue weighted by Crippen LogP contribution is -2.43. The van der Waals surface area contributed by atoms with Gasteiger partial charge >= 0.3 is 12.1 Å². The zero-order chi connectivity index (χ0) is 28.3. The first kappa shape index (κ1) is 28.2. The summed E-state index contributed by atoms with van der Waals surface area (Å²) in [5, 5.41) is 21.5. The molecule has 10 nitrogen and oxygen atoms in total. The summed E-state index contributed by atoms with van der Waals surface area (Å²) in [6, 6.07) is 9.52. The maximum absolute atomic E-state index is 10.6. The number of halogens is 5. The van der Waals surface area contributed by atoms with Crippen molar-refractivity contribution in [1.82, 2.24) is 19.4 Å². The summed E-state index contributed by atoms with van der Waals surface area (Å²) in [7, 11) is 0. The number of fused-ring (bicyclic) bond motifs is 1. The Hall–Kier alpha value is -3.80. The highest BCUT2D eigenvalue weighted by Crippen LogP contribution is 2.32. The Morgan fingerprint density at radius 2 is 2.03 bits per heavy atom. The van der Waals surface area contributed by atoms with Gasteiger partial charge in [0.2, 0.25) is 5.95 Å². The first-order valence-corrected chi connectivity index (χ1v) is 12.8. The normalized spacial score (nSPS) is 15.4. The van der Waals surface area contributed by atoms with Gasteiger partial charge in [0.15, 0.2) is 10.9 Å². The van der Waals surface area contributed by atoms with Gasteiger partial charge in [0.1, 0.15) is 16.6 Å². The van der Waals surface area contributed by atoms with Gasteiger partial charge in [-0.2, -0.15) is 18.4 Å². The zero-order valence-electron chi connectivity index (χ0n) is 19.8. The van der Waals surface area contributed by atoms with E-state index in [2.05, 4.69) is 26.3 Å². The number of thiazole rings is 1. The van der Waals surface area contributed by atoms with Crippen LogP contribution in [-0.4, -0.2) is 55.7 Å². The Bertz CT molecular complexity index is 1550. The standard InChI is InChI=1S/C21H18Cl2N8S.C2HF3O2/c22-12-3-4-14(15(23)8-12)16-9-18-26-5-7-31(18)21(28-16)30-6-1-2-13(11-30)27-20-29-19(25)17(10-24)32-20;3-2(4,5)1(6)7/h3-5,7-9,13H,1-2,6,11,25H2,(H,27,29);(H,6,7). The smallest absolute Gasteiger partial charge is 0.475 e. The second-order valence-corrected chi connectivity index (χ2v) is 10.1. The number of nitriles is 1. The molecular weight excluding hydrogens is 580 g/mol. The molecule has 4 N–H and O–H groups in total. The van der Waals surface area contributed by atoms with Crippen LogP contribution in [0.1, 0.15) is 17.7 Å². The van der Waals surface area contributed by atoms with Gasteiger partial charge < -0.3 is 21.1 Å². The minimum absolute atomic E-state index is 0.143. The number of nitrogens with one attached hydrogen (secondary N) is 1. The second-order valence-electron chi connectivity index (χ2n) is 8.30. The zero-order valence-corrected chi connectivity index (χ0v) is 22.1. The minimum Gasteiger partial charge on any atom is -0.475 e. The highest BCUT2D eigenvalue weighted by atomic mass is 35.5. The van der Waals surface area contributed by atoms with Gasteiger partial charge in [0, 0.05) is 48.2 Å². The van der Waals surface area contributed by atoms with Crippen LogP contribution in [0.25, 0.3) is 16.9 Å². The number of alkyl halides is 3. The monoisotopic (exact) mass is 598 g/mol. The van der Waals surface area contributed by atoms with Gasteiger partial charge in [-0.1, -0.05) is 34.5 Å². The molecule has 5 rings (SSSR count). The van der Waals surface area contributed by atoms with Crippen molar-refractivity contribution in [3.05, 3.63) is 51.6 Å². The predicted molar refractivity (Wildman–Crippen MR) is 142 cm³/mol. The number of benzene rings is 1. The summed E-state index contributed by atoms with van der Waals surface area (Å²) in [4.78, 5) is 25.2. The third kappa shape index (κ3) is 6.62. The van der Waals surface area contributed by atoms with Crippen molar-refractivity contribution >= 4 is 63.1 Å². The molecule has 4 aromatic rings. The van der Waals surface area contributed by atoms with Crippen LogP contribution >= 0.6 is 34.5 Å². The Kier molecular flexibility index (Phi) is 8.34. The van der Waals surface area contributed by atoms with E-state index in [1.54, 1.807) is 18.3 Å². The van der Waals surface area contributed by atoms with E-state index in [0.717, 1.165) is 48.8 Å². The van der Waals surface area contributed by atoms with Crippen LogP contribution in [0, 0.1) is 11.3 Å². The van der Waals surface area contributed by atoms with Crippen LogP contribution < -0.4 is 16.0 Å². The van der Waals surface area contributed by atoms with E-state index in [0.29, 0.717) is 20.1 Å². The third-order valence-electron chi connectivity index (χ3n) is 5.61. The van der Waals surface area contributed by atoms with Gasteiger partial charge in [0.25, 0.3) is 0 Å². The molecule has 0 spiro atoms. The van der Waals surface area contributed by atoms with Crippen LogP contribution in [0.4, 0.5) is 30.1 Å². The number of aliphatic carboxylic acids is 1. The molecule has 0 bridgehead atoms. The number of carboxylic acids is 1. The summed E-state index contributed by atoms with van der Waals surface area (Å²) in [5.41, 5.74) is 8.14. The minimum atomic E-state index is -5.08. The average Bonchev–Trinajstić information content (AvgIpc) is 3.49. The van der Waals surface area contributed by atoms with Crippen molar-refractivity contribution in [3.63, 3.8) is 0 Å². The van der Waals surface area contributed by atoms with E-state index in [-0.39, 0.29) is 11.9 Å². The molecule has 39 heavy (non-hydrogen) atoms. The fourth-order valence-electron chi connectivity index (χ4n) is 3.89. The number of hydrogen-bond acceptors (Lipinski definition) is 9. The van der Waals surface area contributed by atoms with Crippen LogP contribution in [-0.2, 0) is 4.79 Å². The second kappa shape index (κ2) is 11.5. The molecular formula is C23H19Cl2F3N8O2S. The van der Waals surface area contributed by atoms with Gasteiger partial charge in [-0.05, 0) is 31.0 Å². The lowest BCUT2D eigenvalue weighted by atomic mass is 10.1. The molecule has 204 valence electrons. The number of nitrogens with zero attached hydrogens (tertiary/aromatic N) is 6. The molecule has 1 saturated heterocycles. The van der Waals surface area contributed by atoms with E-state index < -0.39 is 12.1 Å². The van der Waals surface area contributed by atoms with E-state index in [4.69, 9.17) is 49.1 Å². The molecule has 3 aromatic heterocycles. The molecule has 1 fully saturated rings. The molecule has 4 heterocycles. The van der Waals surface area contributed by atoms with Crippen LogP contribution in [0.2, 0.25) is 10.0 Å². The van der Waals surface area contributed by atoms with E-state index >= 15 is 0 Å². The number of rotatable bonds is 4. The highest BCUT2D eigenvalue weighted by molar-refractivity contribution is 7.16. The number of carbonyl (C=O) groups is 1. The SMILES string of the molecule is N#Cc1sc(NC2CCCN(c3nc(-c4ccc(Cl)cc4Cl)cc4nccn34)C2)nc1N.O=C(O)C(F)(F)F. The third-order valence-corrected chi connectivity index (χ3v) is 7.06. The highest BCUT2D eigenvalue weighted by Gasteiger charge is 2.38. The van der Waals surface area contributed by atoms with Gasteiger partial charge in [-0.25, -0.2) is 19.7 Å². The summed E-state index contributed by atoms with van der Waals surface area (Å²) >= 11 is 13.8. The van der Waals surface area contributed by atoms with Crippen molar-refractivity contribution in [2.24, 2.45) is 0 Å². The van der Waals surface area contributed by atoms with E-state index in [1.807, 2.05) is 22.7 Å². The summed E-state index contributed by atoms with van der Waals surface area (Å²) < 4.78 is 33.7. The molecule has 0 aliphatic carbocycles. The Morgan fingerprint density at radius 1 is 1.28 bits per heavy atom. The fourth-order valence-corrected chi connectivity index (χ4v) is 5.15. The molecule has 0 radical (unpaired) electrons. The van der Waals surface area contributed by atoms with Gasteiger partial charge in [0.05, 0.1) is 10.7 Å². The maximum atomic E-state index is 10.6. The number of anilines is 3. The molecule has 1 aliphatic heterocycles. The van der Waals surface area contributed by atoms with Crippen molar-refractivity contribution in [2.45, 2.75) is 25.1 Å². The van der Waals surface area contributed by atoms with Crippen LogP contribution in [0.15, 0.2) is 36.7 Å². The largest absolute Gasteiger partial charge is 0.490 e. The van der Waals surface area contributed by atoms with E-state index in [9.17, 15) is 13.2 Å². The lowest BCUT2D eigenvalue weighted by Gasteiger charge is -2.34. The molecule has 1 unspecified atom stereocenters. The van der Waals surface area contributed by atoms with Crippen molar-refractivity contribution in [3.8, 4) is 17.3 Å². The summed E-state index contributed by atoms with van der Waals surface area (Å²) in [5.74, 6) is -1.70. The molecule has 1 atom stereocenters. The Balaban J connectivity index is 0.000000448. The molecule has 16 heteroatoms. The molecule has 0 amide bonds. The van der Waals surface area contributed by atoms with Crippen molar-refractivity contribution < 1.29 is 23.1 Å². The topological polar surface area (TPSA) is 145 Å². The van der Waals surface area contributed by atoms with Crippen LogP contribution in [0.5, 0.6) is 0 Å². The molecule has 0 saturated carbocycles. The van der Waals surface area contributed by atoms with Gasteiger partial charge in [-0.15, -0.1) is 0 Å². The number of hydrogen-bond donors (Lipinski definition) is 3. The number of nitrogens with two attached hydrogens (primary N) is 1. The maximum Gasteiger partial charge on any atom is 0.490 e. The van der Waals surface area contributed by atoms with E-state index in [1.165, 1.54) is 11.3 Å². The number of nitrogen functional groups attached to an aromatic ring is 1. The molecule has 1 aromatic carbocycles. The first-order chi connectivity index (χ1) is 18.5. The Labute approximate surface area is 233 Å². The summed E-state index contributed by atoms with van der Waals surface area (Å²) in [6.45, 7) is 1.58. The van der Waals surface area contributed by atoms with Crippen molar-refractivity contribution in [2.75, 3.05) is 29.0 Å². The summed E-state index contributed by atoms with van der Waals surface area (Å²) in [6.07, 6.45) is 0.541. The van der Waals surface area contributed by atoms with Crippen LogP contribution in [0.3, 0.4) is 0 Å².